The van der Waals surface area contributed by atoms with E-state index in [2.05, 4.69) is 22.5 Å². The number of aliphatic carboxylic acids is 1. The van der Waals surface area contributed by atoms with Crippen LogP contribution in [0.3, 0.4) is 0 Å². The van der Waals surface area contributed by atoms with Crippen LogP contribution in [0.25, 0.3) is 0 Å². The van der Waals surface area contributed by atoms with Gasteiger partial charge in [0.2, 0.25) is 5.69 Å². The van der Waals surface area contributed by atoms with E-state index < -0.39 is 37.0 Å². The second kappa shape index (κ2) is 15.5. The van der Waals surface area contributed by atoms with Crippen LogP contribution in [0.2, 0.25) is 0 Å². The highest BCUT2D eigenvalue weighted by Gasteiger charge is 2.46. The highest BCUT2D eigenvalue weighted by Crippen LogP contribution is 2.51. The Labute approximate surface area is 325 Å². The van der Waals surface area contributed by atoms with E-state index in [4.69, 9.17) is 16.7 Å². The molecule has 292 valence electrons. The summed E-state index contributed by atoms with van der Waals surface area (Å²) in [5, 5.41) is 9.76. The predicted octanol–water partition coefficient (Wildman–Crippen LogP) is 8.73. The van der Waals surface area contributed by atoms with Gasteiger partial charge in [-0.15, -0.1) is 0 Å². The molecule has 0 amide bonds. The highest BCUT2D eigenvalue weighted by atomic mass is 35.5. The van der Waals surface area contributed by atoms with E-state index in [1.54, 1.807) is 6.07 Å². The molecule has 0 saturated heterocycles. The minimum absolute atomic E-state index is 0.0991. The topological polar surface area (TPSA) is 155 Å². The van der Waals surface area contributed by atoms with E-state index in [9.17, 15) is 30.7 Å². The fourth-order valence-corrected chi connectivity index (χ4v) is 9.71. The van der Waals surface area contributed by atoms with Crippen molar-refractivity contribution in [1.29, 1.82) is 0 Å². The van der Waals surface area contributed by atoms with Crippen molar-refractivity contribution in [2.24, 2.45) is 0 Å². The van der Waals surface area contributed by atoms with E-state index in [0.717, 1.165) is 82.7 Å². The molecule has 0 unspecified atom stereocenters. The number of nitrogens with zero attached hydrogens (tertiary/aromatic N) is 2. The Morgan fingerprint density at radius 1 is 0.926 bits per heavy atom. The molecule has 0 saturated carbocycles. The van der Waals surface area contributed by atoms with Gasteiger partial charge in [-0.2, -0.15) is 13.0 Å². The zero-order valence-electron chi connectivity index (χ0n) is 32.1. The molecule has 0 spiro atoms. The molecule has 2 heterocycles. The molecule has 1 aliphatic carbocycles. The molecule has 13 heteroatoms. The first-order chi connectivity index (χ1) is 25.1. The maximum Gasteiger partial charge on any atom is 0.303 e. The minimum Gasteiger partial charge on any atom is -0.744 e. The lowest BCUT2D eigenvalue weighted by atomic mass is 9.80. The molecule has 2 aromatic carbocycles. The van der Waals surface area contributed by atoms with Gasteiger partial charge in [-0.3, -0.25) is 9.35 Å². The van der Waals surface area contributed by atoms with Gasteiger partial charge in [-0.1, -0.05) is 50.9 Å². The zero-order chi connectivity index (χ0) is 40.0. The average molecular weight is 799 g/mol. The number of aryl methyl sites for hydroxylation is 2. The highest BCUT2D eigenvalue weighted by molar-refractivity contribution is 7.86. The van der Waals surface area contributed by atoms with Gasteiger partial charge in [0.05, 0.1) is 15.2 Å². The molecular formula is C41H51ClN2O8S2. The summed E-state index contributed by atoms with van der Waals surface area (Å²) in [6.45, 7) is 15.2. The number of benzene rings is 2. The Morgan fingerprint density at radius 3 is 2.22 bits per heavy atom. The van der Waals surface area contributed by atoms with Crippen molar-refractivity contribution in [3.63, 3.8) is 0 Å². The van der Waals surface area contributed by atoms with Crippen molar-refractivity contribution in [2.45, 2.75) is 120 Å². The third-order valence-electron chi connectivity index (χ3n) is 10.9. The van der Waals surface area contributed by atoms with Crippen molar-refractivity contribution in [1.82, 2.24) is 0 Å². The van der Waals surface area contributed by atoms with Gasteiger partial charge in [0.25, 0.3) is 10.1 Å². The van der Waals surface area contributed by atoms with Crippen LogP contribution in [0.1, 0.15) is 108 Å². The number of carboxylic acid groups (broad SMARTS) is 1. The molecule has 5 rings (SSSR count). The van der Waals surface area contributed by atoms with Crippen LogP contribution in [-0.4, -0.2) is 60.4 Å². The third kappa shape index (κ3) is 8.18. The van der Waals surface area contributed by atoms with Gasteiger partial charge in [0, 0.05) is 58.4 Å². The molecule has 0 bridgehead atoms. The van der Waals surface area contributed by atoms with Crippen LogP contribution in [0, 0.1) is 13.8 Å². The van der Waals surface area contributed by atoms with Gasteiger partial charge in [-0.25, -0.2) is 8.42 Å². The molecule has 0 atom stereocenters. The molecule has 3 aliphatic rings. The summed E-state index contributed by atoms with van der Waals surface area (Å²) in [6, 6.07) is 6.00. The molecule has 0 fully saturated rings. The summed E-state index contributed by atoms with van der Waals surface area (Å²) >= 11 is 7.16. The molecule has 0 radical (unpaired) electrons. The van der Waals surface area contributed by atoms with Gasteiger partial charge in [0.15, 0.2) is 5.71 Å². The van der Waals surface area contributed by atoms with Gasteiger partial charge < -0.3 is 14.6 Å². The second-order valence-electron chi connectivity index (χ2n) is 15.6. The fraction of sp³-hybridized carbons (Fsp3) is 0.463. The first-order valence-electron chi connectivity index (χ1n) is 18.5. The van der Waals surface area contributed by atoms with Crippen molar-refractivity contribution >= 4 is 54.9 Å². The van der Waals surface area contributed by atoms with Crippen LogP contribution in [0.4, 0.5) is 11.4 Å². The van der Waals surface area contributed by atoms with Crippen molar-refractivity contribution < 1.29 is 40.4 Å². The number of carbonyl (C=O) groups is 1. The number of halogens is 1. The van der Waals surface area contributed by atoms with Crippen LogP contribution < -0.4 is 4.90 Å². The number of unbranched alkanes of at least 4 members (excludes halogenated alkanes) is 2. The van der Waals surface area contributed by atoms with Crippen LogP contribution >= 0.6 is 11.6 Å². The summed E-state index contributed by atoms with van der Waals surface area (Å²) in [6.07, 6.45) is 13.6. The Kier molecular flexibility index (Phi) is 12.0. The SMILES string of the molecule is CCC[N+]1=C(/C=C/C2=C(Cl)C(=C/C=C3/N(CCCCCC(=O)O)c4c(C)cc(S(=O)(=O)O)cc4C3(C)C)/CCC2)C(C)(C)c2cc(S(=O)(=O)[O-])cc(C)c21. The molecule has 54 heavy (non-hydrogen) atoms. The quantitative estimate of drug-likeness (QED) is 0.115. The smallest absolute Gasteiger partial charge is 0.303 e. The number of hydrogen-bond acceptors (Lipinski definition) is 7. The van der Waals surface area contributed by atoms with E-state index in [0.29, 0.717) is 36.5 Å². The molecule has 10 nitrogen and oxygen atoms in total. The summed E-state index contributed by atoms with van der Waals surface area (Å²) in [4.78, 5) is 12.9. The average Bonchev–Trinajstić information content (AvgIpc) is 3.41. The number of hydrogen-bond donors (Lipinski definition) is 2. The lowest BCUT2D eigenvalue weighted by Crippen LogP contribution is -2.28. The monoisotopic (exact) mass is 798 g/mol. The van der Waals surface area contributed by atoms with Crippen molar-refractivity contribution in [2.75, 3.05) is 18.0 Å². The van der Waals surface area contributed by atoms with E-state index in [-0.39, 0.29) is 16.2 Å². The fourth-order valence-electron chi connectivity index (χ4n) is 8.22. The standard InChI is InChI=1S/C41H51ClN2O8S2/c1-8-20-43-34(40(4,5)32-24-30(53(47,48)49)22-26(2)38(32)43)18-16-28-13-12-14-29(37(28)42)17-19-35-41(6,7)33-25-31(54(50,51)52)23-27(3)39(33)44(35)21-11-9-10-15-36(45)46/h16-19,22-25H,8-15,20-21H2,1-7H3,(H2-,45,46,47,48,49,50,51,52). The summed E-state index contributed by atoms with van der Waals surface area (Å²) in [5.74, 6) is -0.828. The summed E-state index contributed by atoms with van der Waals surface area (Å²) in [7, 11) is -9.07. The first kappa shape index (κ1) is 41.6. The number of rotatable bonds is 13. The number of fused-ring (bicyclic) bond motifs is 2. The maximum atomic E-state index is 12.2. The van der Waals surface area contributed by atoms with Crippen LogP contribution in [0.5, 0.6) is 0 Å². The largest absolute Gasteiger partial charge is 0.744 e. The Balaban J connectivity index is 1.53. The van der Waals surface area contributed by atoms with Gasteiger partial charge in [0.1, 0.15) is 16.7 Å². The molecule has 0 aromatic heterocycles. The summed E-state index contributed by atoms with van der Waals surface area (Å²) < 4.78 is 72.6. The van der Waals surface area contributed by atoms with Gasteiger partial charge >= 0.3 is 5.97 Å². The lowest BCUT2D eigenvalue weighted by Gasteiger charge is -2.27. The maximum absolute atomic E-state index is 12.2. The number of allylic oxidation sites excluding steroid dienone is 8. The van der Waals surface area contributed by atoms with E-state index in [1.807, 2.05) is 59.8 Å². The lowest BCUT2D eigenvalue weighted by molar-refractivity contribution is -0.438. The Hall–Kier alpha value is -3.55. The minimum atomic E-state index is -4.63. The zero-order valence-corrected chi connectivity index (χ0v) is 34.5. The van der Waals surface area contributed by atoms with Crippen molar-refractivity contribution in [3.8, 4) is 0 Å². The number of anilines is 1. The third-order valence-corrected chi connectivity index (χ3v) is 13.1. The molecule has 2 N–H and O–H groups in total. The van der Waals surface area contributed by atoms with Crippen molar-refractivity contribution in [3.05, 3.63) is 92.7 Å². The van der Waals surface area contributed by atoms with Crippen LogP contribution in [0.15, 0.2) is 80.2 Å². The molecule has 2 aliphatic heterocycles. The van der Waals surface area contributed by atoms with E-state index >= 15 is 0 Å². The molecular weight excluding hydrogens is 748 g/mol. The first-order valence-corrected chi connectivity index (χ1v) is 21.7. The van der Waals surface area contributed by atoms with Crippen LogP contribution in [-0.2, 0) is 35.9 Å². The second-order valence-corrected chi connectivity index (χ2v) is 18.8. The Morgan fingerprint density at radius 2 is 1.59 bits per heavy atom. The Bertz CT molecular complexity index is 2260. The van der Waals surface area contributed by atoms with E-state index in [1.165, 1.54) is 18.2 Å². The predicted molar refractivity (Wildman–Crippen MR) is 212 cm³/mol. The van der Waals surface area contributed by atoms with Gasteiger partial charge in [-0.05, 0) is 112 Å². The molecule has 2 aromatic rings. The normalized spacial score (nSPS) is 19.8. The number of carboxylic acids is 1. The summed E-state index contributed by atoms with van der Waals surface area (Å²) in [5.41, 5.74) is 7.49.